The van der Waals surface area contributed by atoms with E-state index >= 15 is 0 Å². The van der Waals surface area contributed by atoms with Crippen molar-refractivity contribution in [3.8, 4) is 11.5 Å². The molecule has 0 radical (unpaired) electrons. The summed E-state index contributed by atoms with van der Waals surface area (Å²) in [5.41, 5.74) is 2.73. The zero-order valence-corrected chi connectivity index (χ0v) is 16.9. The number of carbonyl (C=O) groups excluding carboxylic acids is 1. The summed E-state index contributed by atoms with van der Waals surface area (Å²) in [5, 5.41) is 12.1. The Morgan fingerprint density at radius 3 is 2.53 bits per heavy atom. The number of carboxylic acid groups (broad SMARTS) is 1. The second-order valence-electron chi connectivity index (χ2n) is 7.39. The van der Waals surface area contributed by atoms with Gasteiger partial charge in [0.15, 0.2) is 11.5 Å². The van der Waals surface area contributed by atoms with Crippen LogP contribution in [0.25, 0.3) is 0 Å². The van der Waals surface area contributed by atoms with E-state index in [4.69, 9.17) is 9.47 Å². The lowest BCUT2D eigenvalue weighted by Crippen LogP contribution is -2.46. The minimum atomic E-state index is -1.01. The highest BCUT2D eigenvalue weighted by molar-refractivity contribution is 5.97. The summed E-state index contributed by atoms with van der Waals surface area (Å²) in [7, 11) is 0. The van der Waals surface area contributed by atoms with E-state index in [0.717, 1.165) is 49.9 Å². The van der Waals surface area contributed by atoms with E-state index in [1.54, 1.807) is 19.1 Å². The van der Waals surface area contributed by atoms with Gasteiger partial charge in [-0.05, 0) is 35.9 Å². The molecule has 0 spiro atoms. The fourth-order valence-electron chi connectivity index (χ4n) is 3.73. The molecule has 0 aromatic heterocycles. The summed E-state index contributed by atoms with van der Waals surface area (Å²) in [5.74, 6) is 0.429. The molecule has 30 heavy (non-hydrogen) atoms. The maximum absolute atomic E-state index is 11.9. The number of ether oxygens (including phenoxy) is 2. The van der Waals surface area contributed by atoms with Gasteiger partial charge in [-0.25, -0.2) is 4.79 Å². The highest BCUT2D eigenvalue weighted by Gasteiger charge is 2.22. The van der Waals surface area contributed by atoms with Crippen LogP contribution in [0.4, 0.5) is 11.4 Å². The molecule has 8 nitrogen and oxygen atoms in total. The molecule has 2 aromatic rings. The quantitative estimate of drug-likeness (QED) is 0.755. The molecule has 0 saturated carbocycles. The SMILES string of the molecule is CCC(=O)Nc1cc(C(=O)O)ccc1N1CCN(Cc2ccc3c(c2)OCO3)CC1. The molecule has 0 unspecified atom stereocenters. The van der Waals surface area contributed by atoms with E-state index < -0.39 is 5.97 Å². The van der Waals surface area contributed by atoms with Crippen LogP contribution in [0.1, 0.15) is 29.3 Å². The maximum atomic E-state index is 11.9. The Balaban J connectivity index is 1.43. The summed E-state index contributed by atoms with van der Waals surface area (Å²) in [6.45, 7) is 6.15. The lowest BCUT2D eigenvalue weighted by atomic mass is 10.1. The van der Waals surface area contributed by atoms with Gasteiger partial charge in [-0.2, -0.15) is 0 Å². The third kappa shape index (κ3) is 4.33. The number of nitrogens with zero attached hydrogens (tertiary/aromatic N) is 2. The number of piperazine rings is 1. The lowest BCUT2D eigenvalue weighted by Gasteiger charge is -2.37. The normalized spacial score (nSPS) is 15.8. The summed E-state index contributed by atoms with van der Waals surface area (Å²) in [4.78, 5) is 27.8. The van der Waals surface area contributed by atoms with Crippen molar-refractivity contribution < 1.29 is 24.2 Å². The first-order valence-corrected chi connectivity index (χ1v) is 10.1. The van der Waals surface area contributed by atoms with Gasteiger partial charge in [0, 0.05) is 39.1 Å². The summed E-state index contributed by atoms with van der Waals surface area (Å²) in [6.07, 6.45) is 0.333. The van der Waals surface area contributed by atoms with Crippen molar-refractivity contribution in [2.45, 2.75) is 19.9 Å². The minimum Gasteiger partial charge on any atom is -0.478 e. The highest BCUT2D eigenvalue weighted by atomic mass is 16.7. The Morgan fingerprint density at radius 1 is 1.03 bits per heavy atom. The zero-order valence-electron chi connectivity index (χ0n) is 16.9. The topological polar surface area (TPSA) is 91.3 Å². The van der Waals surface area contributed by atoms with Gasteiger partial charge in [0.2, 0.25) is 12.7 Å². The van der Waals surface area contributed by atoms with E-state index in [2.05, 4.69) is 21.2 Å². The molecule has 0 atom stereocenters. The van der Waals surface area contributed by atoms with Gasteiger partial charge in [0.25, 0.3) is 0 Å². The zero-order chi connectivity index (χ0) is 21.1. The number of fused-ring (bicyclic) bond motifs is 1. The summed E-state index contributed by atoms with van der Waals surface area (Å²) < 4.78 is 10.8. The highest BCUT2D eigenvalue weighted by Crippen LogP contribution is 2.33. The first-order chi connectivity index (χ1) is 14.5. The number of benzene rings is 2. The molecule has 0 aliphatic carbocycles. The van der Waals surface area contributed by atoms with Crippen LogP contribution in [0.5, 0.6) is 11.5 Å². The molecule has 2 aromatic carbocycles. The van der Waals surface area contributed by atoms with Crippen molar-refractivity contribution in [3.05, 3.63) is 47.5 Å². The number of rotatable bonds is 6. The van der Waals surface area contributed by atoms with Gasteiger partial charge < -0.3 is 24.8 Å². The van der Waals surface area contributed by atoms with E-state index in [-0.39, 0.29) is 18.3 Å². The molecule has 2 aliphatic rings. The summed E-state index contributed by atoms with van der Waals surface area (Å²) in [6, 6.07) is 10.9. The van der Waals surface area contributed by atoms with Crippen LogP contribution in [0.2, 0.25) is 0 Å². The average molecular weight is 411 g/mol. The van der Waals surface area contributed by atoms with Crippen LogP contribution in [-0.2, 0) is 11.3 Å². The molecule has 1 amide bonds. The number of nitrogens with one attached hydrogen (secondary N) is 1. The molecular formula is C22H25N3O5. The van der Waals surface area contributed by atoms with E-state index in [1.165, 1.54) is 11.6 Å². The number of carbonyl (C=O) groups is 2. The predicted molar refractivity (Wildman–Crippen MR) is 112 cm³/mol. The van der Waals surface area contributed by atoms with Crippen molar-refractivity contribution in [3.63, 3.8) is 0 Å². The number of aromatic carboxylic acids is 1. The average Bonchev–Trinajstić information content (AvgIpc) is 3.22. The predicted octanol–water partition coefficient (Wildman–Crippen LogP) is 2.78. The monoisotopic (exact) mass is 411 g/mol. The van der Waals surface area contributed by atoms with E-state index in [9.17, 15) is 14.7 Å². The van der Waals surface area contributed by atoms with Crippen LogP contribution in [0, 0.1) is 0 Å². The maximum Gasteiger partial charge on any atom is 0.335 e. The van der Waals surface area contributed by atoms with Crippen molar-refractivity contribution in [2.75, 3.05) is 43.2 Å². The van der Waals surface area contributed by atoms with Crippen molar-refractivity contribution in [1.29, 1.82) is 0 Å². The van der Waals surface area contributed by atoms with Gasteiger partial charge in [0.05, 0.1) is 16.9 Å². The molecule has 0 bridgehead atoms. The first-order valence-electron chi connectivity index (χ1n) is 10.1. The van der Waals surface area contributed by atoms with E-state index in [0.29, 0.717) is 12.1 Å². The fraction of sp³-hybridized carbons (Fsp3) is 0.364. The first kappa shape index (κ1) is 20.0. The lowest BCUT2D eigenvalue weighted by molar-refractivity contribution is -0.115. The fourth-order valence-corrected chi connectivity index (χ4v) is 3.73. The van der Waals surface area contributed by atoms with Gasteiger partial charge in [-0.3, -0.25) is 9.69 Å². The third-order valence-electron chi connectivity index (χ3n) is 5.39. The van der Waals surface area contributed by atoms with Gasteiger partial charge in [0.1, 0.15) is 0 Å². The Morgan fingerprint density at radius 2 is 1.80 bits per heavy atom. The molecule has 4 rings (SSSR count). The van der Waals surface area contributed by atoms with Crippen LogP contribution < -0.4 is 19.7 Å². The number of carboxylic acids is 1. The summed E-state index contributed by atoms with van der Waals surface area (Å²) >= 11 is 0. The minimum absolute atomic E-state index is 0.139. The molecule has 1 fully saturated rings. The standard InChI is InChI=1S/C22H25N3O5/c1-2-21(26)23-17-12-16(22(27)28)4-5-18(17)25-9-7-24(8-10-25)13-15-3-6-19-20(11-15)30-14-29-19/h3-6,11-12H,2,7-10,13-14H2,1H3,(H,23,26)(H,27,28). The number of hydrogen-bond acceptors (Lipinski definition) is 6. The molecule has 2 heterocycles. The Labute approximate surface area is 175 Å². The number of amides is 1. The smallest absolute Gasteiger partial charge is 0.335 e. The second-order valence-corrected chi connectivity index (χ2v) is 7.39. The molecule has 1 saturated heterocycles. The largest absolute Gasteiger partial charge is 0.478 e. The Bertz CT molecular complexity index is 954. The van der Waals surface area contributed by atoms with Crippen LogP contribution in [0.15, 0.2) is 36.4 Å². The van der Waals surface area contributed by atoms with Gasteiger partial charge >= 0.3 is 5.97 Å². The van der Waals surface area contributed by atoms with Crippen LogP contribution in [0.3, 0.4) is 0 Å². The molecule has 158 valence electrons. The third-order valence-corrected chi connectivity index (χ3v) is 5.39. The molecule has 2 aliphatic heterocycles. The van der Waals surface area contributed by atoms with Crippen LogP contribution >= 0.6 is 0 Å². The van der Waals surface area contributed by atoms with Gasteiger partial charge in [-0.1, -0.05) is 13.0 Å². The van der Waals surface area contributed by atoms with E-state index in [1.807, 2.05) is 12.1 Å². The van der Waals surface area contributed by atoms with Crippen molar-refractivity contribution >= 4 is 23.3 Å². The Kier molecular flexibility index (Phi) is 5.76. The number of hydrogen-bond donors (Lipinski definition) is 2. The molecule has 8 heteroatoms. The van der Waals surface area contributed by atoms with Crippen LogP contribution in [-0.4, -0.2) is 54.9 Å². The number of anilines is 2. The molecular weight excluding hydrogens is 386 g/mol. The molecule has 2 N–H and O–H groups in total. The van der Waals surface area contributed by atoms with Gasteiger partial charge in [-0.15, -0.1) is 0 Å². The Hall–Kier alpha value is -3.26. The second kappa shape index (κ2) is 8.62. The van der Waals surface area contributed by atoms with Crippen molar-refractivity contribution in [2.24, 2.45) is 0 Å². The van der Waals surface area contributed by atoms with Crippen molar-refractivity contribution in [1.82, 2.24) is 4.90 Å².